The molecule has 2 aromatic carbocycles. The van der Waals surface area contributed by atoms with Crippen LogP contribution in [0.3, 0.4) is 0 Å². The molecule has 3 aromatic rings. The first-order valence-corrected chi connectivity index (χ1v) is 7.62. The number of ether oxygens (including phenoxy) is 1. The average molecular weight is 327 g/mol. The maximum atomic E-state index is 11.9. The van der Waals surface area contributed by atoms with Crippen molar-refractivity contribution in [3.05, 3.63) is 70.5 Å². The fourth-order valence-corrected chi connectivity index (χ4v) is 2.36. The third kappa shape index (κ3) is 3.85. The molecule has 23 heavy (non-hydrogen) atoms. The summed E-state index contributed by atoms with van der Waals surface area (Å²) in [4.78, 5) is 20.9. The highest BCUT2D eigenvalue weighted by Crippen LogP contribution is 2.14. The van der Waals surface area contributed by atoms with Gasteiger partial charge in [-0.25, -0.2) is 9.97 Å². The Labute approximate surface area is 139 Å². The first-order valence-electron chi connectivity index (χ1n) is 7.24. The molecule has 0 fully saturated rings. The van der Waals surface area contributed by atoms with E-state index in [1.165, 1.54) is 0 Å². The standard InChI is InChI=1S/C18H15ClN2O2/c1-12-17(21-16-5-3-2-4-15(16)20-12)11-23-18(22)10-13-6-8-14(19)9-7-13/h2-9H,10-11H2,1H3. The van der Waals surface area contributed by atoms with Gasteiger partial charge in [0.25, 0.3) is 0 Å². The Morgan fingerprint density at radius 1 is 1.04 bits per heavy atom. The topological polar surface area (TPSA) is 52.1 Å². The summed E-state index contributed by atoms with van der Waals surface area (Å²) >= 11 is 5.82. The van der Waals surface area contributed by atoms with E-state index in [2.05, 4.69) is 9.97 Å². The van der Waals surface area contributed by atoms with Crippen LogP contribution in [0.5, 0.6) is 0 Å². The van der Waals surface area contributed by atoms with Gasteiger partial charge in [-0.3, -0.25) is 4.79 Å². The number of benzene rings is 2. The van der Waals surface area contributed by atoms with E-state index in [0.29, 0.717) is 10.7 Å². The van der Waals surface area contributed by atoms with Crippen molar-refractivity contribution in [2.45, 2.75) is 20.0 Å². The van der Waals surface area contributed by atoms with E-state index in [9.17, 15) is 4.79 Å². The van der Waals surface area contributed by atoms with Crippen molar-refractivity contribution in [1.82, 2.24) is 9.97 Å². The van der Waals surface area contributed by atoms with E-state index in [-0.39, 0.29) is 19.0 Å². The van der Waals surface area contributed by atoms with Gasteiger partial charge < -0.3 is 4.74 Å². The summed E-state index contributed by atoms with van der Waals surface area (Å²) < 4.78 is 5.32. The van der Waals surface area contributed by atoms with Gasteiger partial charge in [-0.1, -0.05) is 35.9 Å². The van der Waals surface area contributed by atoms with Crippen LogP contribution in [0.4, 0.5) is 0 Å². The second-order valence-corrected chi connectivity index (χ2v) is 5.64. The highest BCUT2D eigenvalue weighted by atomic mass is 35.5. The van der Waals surface area contributed by atoms with Crippen LogP contribution in [0.2, 0.25) is 5.02 Å². The monoisotopic (exact) mass is 326 g/mol. The van der Waals surface area contributed by atoms with Gasteiger partial charge >= 0.3 is 5.97 Å². The number of aryl methyl sites for hydroxylation is 1. The van der Waals surface area contributed by atoms with E-state index in [1.54, 1.807) is 12.1 Å². The zero-order valence-corrected chi connectivity index (χ0v) is 13.4. The number of hydrogen-bond acceptors (Lipinski definition) is 4. The Balaban J connectivity index is 1.66. The molecule has 1 aromatic heterocycles. The predicted octanol–water partition coefficient (Wildman–Crippen LogP) is 3.88. The molecular formula is C18H15ClN2O2. The number of nitrogens with zero attached hydrogens (tertiary/aromatic N) is 2. The summed E-state index contributed by atoms with van der Waals surface area (Å²) in [6.07, 6.45) is 0.206. The minimum absolute atomic E-state index is 0.121. The Morgan fingerprint density at radius 2 is 1.70 bits per heavy atom. The second-order valence-electron chi connectivity index (χ2n) is 5.21. The third-order valence-corrected chi connectivity index (χ3v) is 3.73. The minimum atomic E-state index is -0.304. The summed E-state index contributed by atoms with van der Waals surface area (Å²) in [6, 6.07) is 14.7. The summed E-state index contributed by atoms with van der Waals surface area (Å²) in [5.74, 6) is -0.304. The molecule has 5 heteroatoms. The van der Waals surface area contributed by atoms with E-state index < -0.39 is 0 Å². The van der Waals surface area contributed by atoms with Gasteiger partial charge in [-0.15, -0.1) is 0 Å². The molecule has 0 atom stereocenters. The molecule has 0 aliphatic carbocycles. The molecule has 0 unspecified atom stereocenters. The van der Waals surface area contributed by atoms with Gasteiger partial charge in [-0.2, -0.15) is 0 Å². The van der Waals surface area contributed by atoms with Crippen LogP contribution in [0.25, 0.3) is 11.0 Å². The summed E-state index contributed by atoms with van der Waals surface area (Å²) in [7, 11) is 0. The van der Waals surface area contributed by atoms with Crippen molar-refractivity contribution in [2.24, 2.45) is 0 Å². The zero-order valence-electron chi connectivity index (χ0n) is 12.6. The van der Waals surface area contributed by atoms with Crippen LogP contribution < -0.4 is 0 Å². The molecule has 0 spiro atoms. The molecule has 0 saturated carbocycles. The smallest absolute Gasteiger partial charge is 0.310 e. The second kappa shape index (κ2) is 6.75. The number of rotatable bonds is 4. The maximum absolute atomic E-state index is 11.9. The Kier molecular flexibility index (Phi) is 4.53. The summed E-state index contributed by atoms with van der Waals surface area (Å²) in [6.45, 7) is 1.98. The van der Waals surface area contributed by atoms with Crippen LogP contribution in [0.1, 0.15) is 17.0 Å². The van der Waals surface area contributed by atoms with Crippen LogP contribution in [-0.4, -0.2) is 15.9 Å². The Morgan fingerprint density at radius 3 is 2.39 bits per heavy atom. The number of fused-ring (bicyclic) bond motifs is 1. The van der Waals surface area contributed by atoms with Gasteiger partial charge in [-0.05, 0) is 36.8 Å². The molecule has 0 saturated heterocycles. The largest absolute Gasteiger partial charge is 0.459 e. The Hall–Kier alpha value is -2.46. The van der Waals surface area contributed by atoms with E-state index in [0.717, 1.165) is 22.3 Å². The number of esters is 1. The normalized spacial score (nSPS) is 10.7. The lowest BCUT2D eigenvalue weighted by molar-refractivity contribution is -0.144. The van der Waals surface area contributed by atoms with Gasteiger partial charge in [0, 0.05) is 5.02 Å². The molecule has 0 aliphatic heterocycles. The van der Waals surface area contributed by atoms with Crippen molar-refractivity contribution in [3.63, 3.8) is 0 Å². The van der Waals surface area contributed by atoms with Crippen LogP contribution in [0, 0.1) is 6.92 Å². The number of aromatic nitrogens is 2. The van der Waals surface area contributed by atoms with Crippen molar-refractivity contribution in [2.75, 3.05) is 0 Å². The van der Waals surface area contributed by atoms with Crippen molar-refractivity contribution in [1.29, 1.82) is 0 Å². The van der Waals surface area contributed by atoms with Crippen molar-refractivity contribution >= 4 is 28.6 Å². The highest BCUT2D eigenvalue weighted by molar-refractivity contribution is 6.30. The number of halogens is 1. The number of hydrogen-bond donors (Lipinski definition) is 0. The number of carbonyl (C=O) groups excluding carboxylic acids is 1. The lowest BCUT2D eigenvalue weighted by Crippen LogP contribution is -2.10. The molecule has 0 bridgehead atoms. The molecular weight excluding hydrogens is 312 g/mol. The van der Waals surface area contributed by atoms with Gasteiger partial charge in [0.1, 0.15) is 6.61 Å². The molecule has 3 rings (SSSR count). The molecule has 4 nitrogen and oxygen atoms in total. The lowest BCUT2D eigenvalue weighted by Gasteiger charge is -2.08. The van der Waals surface area contributed by atoms with Crippen molar-refractivity contribution in [3.8, 4) is 0 Å². The van der Waals surface area contributed by atoms with Crippen LogP contribution in [0.15, 0.2) is 48.5 Å². The van der Waals surface area contributed by atoms with Crippen LogP contribution in [-0.2, 0) is 22.6 Å². The first kappa shape index (κ1) is 15.4. The minimum Gasteiger partial charge on any atom is -0.459 e. The van der Waals surface area contributed by atoms with E-state index in [1.807, 2.05) is 43.3 Å². The average Bonchev–Trinajstić information content (AvgIpc) is 2.55. The molecule has 0 aliphatic rings. The highest BCUT2D eigenvalue weighted by Gasteiger charge is 2.09. The van der Waals surface area contributed by atoms with Crippen LogP contribution >= 0.6 is 11.6 Å². The summed E-state index contributed by atoms with van der Waals surface area (Å²) in [5.41, 5.74) is 3.93. The lowest BCUT2D eigenvalue weighted by atomic mass is 10.1. The van der Waals surface area contributed by atoms with E-state index >= 15 is 0 Å². The Bertz CT molecular complexity index is 847. The van der Waals surface area contributed by atoms with Gasteiger partial charge in [0.15, 0.2) is 0 Å². The SMILES string of the molecule is Cc1nc2ccccc2nc1COC(=O)Cc1ccc(Cl)cc1. The van der Waals surface area contributed by atoms with Gasteiger partial charge in [0.05, 0.1) is 28.8 Å². The van der Waals surface area contributed by atoms with Gasteiger partial charge in [0.2, 0.25) is 0 Å². The zero-order chi connectivity index (χ0) is 16.2. The fraction of sp³-hybridized carbons (Fsp3) is 0.167. The molecule has 0 radical (unpaired) electrons. The molecule has 0 amide bonds. The maximum Gasteiger partial charge on any atom is 0.310 e. The van der Waals surface area contributed by atoms with Crippen molar-refractivity contribution < 1.29 is 9.53 Å². The first-order chi connectivity index (χ1) is 11.1. The quantitative estimate of drug-likeness (QED) is 0.683. The predicted molar refractivity (Wildman–Crippen MR) is 89.2 cm³/mol. The molecule has 1 heterocycles. The third-order valence-electron chi connectivity index (χ3n) is 3.47. The number of carbonyl (C=O) groups is 1. The molecule has 116 valence electrons. The van der Waals surface area contributed by atoms with E-state index in [4.69, 9.17) is 16.3 Å². The number of para-hydroxylation sites is 2. The fourth-order valence-electron chi connectivity index (χ4n) is 2.23. The molecule has 0 N–H and O–H groups in total. The summed E-state index contributed by atoms with van der Waals surface area (Å²) in [5, 5.41) is 0.643.